The van der Waals surface area contributed by atoms with Crippen LogP contribution in [-0.4, -0.2) is 35.7 Å². The first kappa shape index (κ1) is 26.0. The molecule has 1 aromatic carbocycles. The van der Waals surface area contributed by atoms with Gasteiger partial charge in [0.2, 0.25) is 0 Å². The Balaban J connectivity index is 0.000000968. The number of hydrogen-bond acceptors (Lipinski definition) is 4. The molecule has 33 heavy (non-hydrogen) atoms. The average Bonchev–Trinajstić information content (AvgIpc) is 2.95. The summed E-state index contributed by atoms with van der Waals surface area (Å²) in [4.78, 5) is 18.7. The van der Waals surface area contributed by atoms with E-state index in [4.69, 9.17) is 27.1 Å². The molecular formula is C25H30Br2ClN3O2. The van der Waals surface area contributed by atoms with Crippen molar-refractivity contribution in [2.24, 2.45) is 0 Å². The van der Waals surface area contributed by atoms with E-state index >= 15 is 0 Å². The fourth-order valence-electron chi connectivity index (χ4n) is 4.20. The van der Waals surface area contributed by atoms with Crippen molar-refractivity contribution in [2.75, 3.05) is 25.4 Å². The molecule has 2 N–H and O–H groups in total. The van der Waals surface area contributed by atoms with Gasteiger partial charge in [-0.3, -0.25) is 4.98 Å². The first-order valence-corrected chi connectivity index (χ1v) is 13.3. The number of fused-ring (bicyclic) bond motifs is 2. The smallest absolute Gasteiger partial charge is 0.409 e. The SMILES string of the molecule is CCC.CCOC(=O)N1CCC(=C2c3ncc(Br)cc3CCc3cc(Cl)c(N)c(Br)c32)CC1. The summed E-state index contributed by atoms with van der Waals surface area (Å²) in [6.07, 6.45) is 6.09. The number of carbonyl (C=O) groups is 1. The molecule has 2 aliphatic rings. The standard InChI is InChI=1S/C22H22Br2ClN3O2.C3H8/c1-2-30-22(29)28-7-5-12(6-8-28)18-17-13(10-16(25)20(26)19(17)24)3-4-14-9-15(23)11-27-21(14)18;1-3-2/h9-11H,2-8,26H2,1H3;3H2,1-2H3. The van der Waals surface area contributed by atoms with Crippen LogP contribution in [0.25, 0.3) is 5.57 Å². The number of hydrogen-bond donors (Lipinski definition) is 1. The second-order valence-corrected chi connectivity index (χ2v) is 10.3. The number of ether oxygens (including phenoxy) is 1. The fraction of sp³-hybridized carbons (Fsp3) is 0.440. The molecule has 1 fully saturated rings. The van der Waals surface area contributed by atoms with E-state index in [1.54, 1.807) is 4.90 Å². The number of piperidine rings is 1. The van der Waals surface area contributed by atoms with E-state index in [1.165, 1.54) is 17.6 Å². The molecule has 2 aromatic rings. The maximum absolute atomic E-state index is 12.1. The minimum atomic E-state index is -0.248. The number of likely N-dealkylation sites (tertiary alicyclic amines) is 1. The molecule has 1 aliphatic heterocycles. The predicted molar refractivity (Wildman–Crippen MR) is 143 cm³/mol. The van der Waals surface area contributed by atoms with Gasteiger partial charge >= 0.3 is 6.09 Å². The zero-order valence-electron chi connectivity index (χ0n) is 19.3. The van der Waals surface area contributed by atoms with E-state index in [1.807, 2.05) is 19.2 Å². The maximum atomic E-state index is 12.1. The van der Waals surface area contributed by atoms with Crippen molar-refractivity contribution in [1.29, 1.82) is 0 Å². The van der Waals surface area contributed by atoms with Crippen molar-refractivity contribution >= 4 is 60.8 Å². The lowest BCUT2D eigenvalue weighted by Gasteiger charge is -2.30. The Morgan fingerprint density at radius 3 is 2.39 bits per heavy atom. The summed E-state index contributed by atoms with van der Waals surface area (Å²) in [6.45, 7) is 7.71. The Morgan fingerprint density at radius 1 is 1.12 bits per heavy atom. The Kier molecular flexibility index (Phi) is 9.25. The Bertz CT molecular complexity index is 1060. The van der Waals surface area contributed by atoms with Crippen molar-refractivity contribution in [3.8, 4) is 0 Å². The molecule has 1 aromatic heterocycles. The number of nitrogen functional groups attached to an aromatic ring is 1. The van der Waals surface area contributed by atoms with E-state index in [0.717, 1.165) is 57.0 Å². The van der Waals surface area contributed by atoms with Crippen LogP contribution < -0.4 is 5.73 Å². The molecule has 1 saturated heterocycles. The predicted octanol–water partition coefficient (Wildman–Crippen LogP) is 7.41. The van der Waals surface area contributed by atoms with Crippen LogP contribution in [0.3, 0.4) is 0 Å². The molecule has 1 aliphatic carbocycles. The molecule has 0 spiro atoms. The fourth-order valence-corrected chi connectivity index (χ4v) is 5.59. The molecule has 4 rings (SSSR count). The van der Waals surface area contributed by atoms with Crippen molar-refractivity contribution in [2.45, 2.75) is 52.9 Å². The van der Waals surface area contributed by atoms with Crippen LogP contribution in [0.2, 0.25) is 5.02 Å². The van der Waals surface area contributed by atoms with Crippen LogP contribution >= 0.6 is 43.5 Å². The zero-order valence-corrected chi connectivity index (χ0v) is 23.2. The third-order valence-corrected chi connectivity index (χ3v) is 7.24. The van der Waals surface area contributed by atoms with Gasteiger partial charge in [0.25, 0.3) is 0 Å². The van der Waals surface area contributed by atoms with E-state index in [9.17, 15) is 4.79 Å². The summed E-state index contributed by atoms with van der Waals surface area (Å²) < 4.78 is 6.95. The van der Waals surface area contributed by atoms with E-state index in [-0.39, 0.29) is 6.09 Å². The van der Waals surface area contributed by atoms with Crippen LogP contribution in [0.4, 0.5) is 10.5 Å². The molecule has 0 saturated carbocycles. The molecule has 0 unspecified atom stereocenters. The van der Waals surface area contributed by atoms with Crippen LogP contribution in [0.5, 0.6) is 0 Å². The number of halogens is 3. The molecule has 0 radical (unpaired) electrons. The van der Waals surface area contributed by atoms with Gasteiger partial charge in [-0.05, 0) is 87.7 Å². The Morgan fingerprint density at radius 2 is 1.76 bits per heavy atom. The van der Waals surface area contributed by atoms with Gasteiger partial charge in [-0.25, -0.2) is 4.79 Å². The quantitative estimate of drug-likeness (QED) is 0.347. The van der Waals surface area contributed by atoms with Crippen LogP contribution in [0.1, 0.15) is 62.4 Å². The lowest BCUT2D eigenvalue weighted by Crippen LogP contribution is -2.37. The van der Waals surface area contributed by atoms with Crippen molar-refractivity contribution in [3.05, 3.63) is 60.3 Å². The molecule has 0 atom stereocenters. The highest BCUT2D eigenvalue weighted by Gasteiger charge is 2.29. The number of anilines is 1. The summed E-state index contributed by atoms with van der Waals surface area (Å²) in [5.74, 6) is 0. The number of aromatic nitrogens is 1. The van der Waals surface area contributed by atoms with E-state index < -0.39 is 0 Å². The van der Waals surface area contributed by atoms with Crippen molar-refractivity contribution in [3.63, 3.8) is 0 Å². The summed E-state index contributed by atoms with van der Waals surface area (Å²) >= 11 is 13.7. The number of rotatable bonds is 1. The second kappa shape index (κ2) is 11.7. The van der Waals surface area contributed by atoms with Crippen LogP contribution in [0, 0.1) is 0 Å². The number of amides is 1. The molecule has 178 valence electrons. The molecule has 0 bridgehead atoms. The topological polar surface area (TPSA) is 68.5 Å². The van der Waals surface area contributed by atoms with Gasteiger partial charge in [0, 0.05) is 34.9 Å². The number of carbonyl (C=O) groups excluding carboxylic acids is 1. The number of pyridine rings is 1. The minimum Gasteiger partial charge on any atom is -0.450 e. The van der Waals surface area contributed by atoms with E-state index in [0.29, 0.717) is 30.4 Å². The average molecular weight is 600 g/mol. The van der Waals surface area contributed by atoms with Gasteiger partial charge in [-0.15, -0.1) is 0 Å². The number of nitrogens with two attached hydrogens (primary N) is 1. The Labute approximate surface area is 218 Å². The highest BCUT2D eigenvalue weighted by atomic mass is 79.9. The highest BCUT2D eigenvalue weighted by molar-refractivity contribution is 9.11. The normalized spacial score (nSPS) is 15.2. The van der Waals surface area contributed by atoms with Gasteiger partial charge in [0.1, 0.15) is 0 Å². The van der Waals surface area contributed by atoms with Gasteiger partial charge in [0.05, 0.1) is 27.5 Å². The van der Waals surface area contributed by atoms with E-state index in [2.05, 4.69) is 51.8 Å². The minimum absolute atomic E-state index is 0.248. The number of benzene rings is 1. The summed E-state index contributed by atoms with van der Waals surface area (Å²) in [5.41, 5.74) is 13.6. The lowest BCUT2D eigenvalue weighted by atomic mass is 9.88. The number of nitrogens with zero attached hydrogens (tertiary/aromatic N) is 2. The van der Waals surface area contributed by atoms with Gasteiger partial charge in [-0.1, -0.05) is 37.4 Å². The first-order chi connectivity index (χ1) is 15.8. The second-order valence-electron chi connectivity index (χ2n) is 8.15. The van der Waals surface area contributed by atoms with Crippen molar-refractivity contribution in [1.82, 2.24) is 9.88 Å². The maximum Gasteiger partial charge on any atom is 0.409 e. The highest BCUT2D eigenvalue weighted by Crippen LogP contribution is 2.45. The summed E-state index contributed by atoms with van der Waals surface area (Å²) in [5, 5.41) is 0.558. The van der Waals surface area contributed by atoms with Gasteiger partial charge < -0.3 is 15.4 Å². The molecule has 8 heteroatoms. The van der Waals surface area contributed by atoms with Crippen LogP contribution in [-0.2, 0) is 17.6 Å². The molecule has 1 amide bonds. The third-order valence-electron chi connectivity index (χ3n) is 5.67. The monoisotopic (exact) mass is 597 g/mol. The third kappa shape index (κ3) is 5.75. The van der Waals surface area contributed by atoms with Gasteiger partial charge in [0.15, 0.2) is 0 Å². The Hall–Kier alpha value is -1.57. The molecular weight excluding hydrogens is 570 g/mol. The lowest BCUT2D eigenvalue weighted by molar-refractivity contribution is 0.104. The summed E-state index contributed by atoms with van der Waals surface area (Å²) in [6, 6.07) is 4.12. The van der Waals surface area contributed by atoms with Crippen molar-refractivity contribution < 1.29 is 9.53 Å². The number of aryl methyl sites for hydroxylation is 2. The zero-order chi connectivity index (χ0) is 24.1. The summed E-state index contributed by atoms with van der Waals surface area (Å²) in [7, 11) is 0. The first-order valence-electron chi connectivity index (χ1n) is 11.4. The molecule has 2 heterocycles. The largest absolute Gasteiger partial charge is 0.450 e. The van der Waals surface area contributed by atoms with Crippen LogP contribution in [0.15, 0.2) is 32.8 Å². The van der Waals surface area contributed by atoms with Gasteiger partial charge in [-0.2, -0.15) is 0 Å². The molecule has 5 nitrogen and oxygen atoms in total.